The zero-order valence-corrected chi connectivity index (χ0v) is 10.6. The minimum atomic E-state index is 0.251. The van der Waals surface area contributed by atoms with E-state index in [1.807, 2.05) is 13.2 Å². The Morgan fingerprint density at radius 3 is 2.81 bits per heavy atom. The lowest BCUT2D eigenvalue weighted by atomic mass is 10.2. The first-order chi connectivity index (χ1) is 7.76. The highest BCUT2D eigenvalue weighted by Crippen LogP contribution is 2.12. The van der Waals surface area contributed by atoms with Crippen LogP contribution in [-0.2, 0) is 7.05 Å². The molecule has 0 bridgehead atoms. The maximum Gasteiger partial charge on any atom is 0.157 e. The van der Waals surface area contributed by atoms with E-state index in [1.165, 1.54) is 0 Å². The van der Waals surface area contributed by atoms with Crippen LogP contribution in [0.2, 0.25) is 0 Å². The van der Waals surface area contributed by atoms with Crippen LogP contribution in [0.25, 0.3) is 0 Å². The van der Waals surface area contributed by atoms with Crippen molar-refractivity contribution in [1.29, 1.82) is 0 Å². The topological polar surface area (TPSA) is 39.1 Å². The second-order valence-electron chi connectivity index (χ2n) is 4.08. The Balaban J connectivity index is 2.37. The summed E-state index contributed by atoms with van der Waals surface area (Å²) in [5.74, 6) is 0.860. The minimum absolute atomic E-state index is 0.251. The molecule has 0 fully saturated rings. The number of rotatable bonds is 8. The summed E-state index contributed by atoms with van der Waals surface area (Å²) in [6, 6.07) is 0. The maximum absolute atomic E-state index is 5.88. The van der Waals surface area contributed by atoms with Gasteiger partial charge >= 0.3 is 0 Å². The molecule has 1 atom stereocenters. The quantitative estimate of drug-likeness (QED) is 0.687. The highest BCUT2D eigenvalue weighted by Gasteiger charge is 2.09. The van der Waals surface area contributed by atoms with E-state index < -0.39 is 0 Å². The molecule has 0 radical (unpaired) electrons. The third-order valence-electron chi connectivity index (χ3n) is 2.39. The molecule has 1 heterocycles. The first kappa shape index (κ1) is 13.0. The van der Waals surface area contributed by atoms with Gasteiger partial charge in [-0.1, -0.05) is 20.3 Å². The molecule has 0 aliphatic heterocycles. The van der Waals surface area contributed by atoms with Crippen molar-refractivity contribution in [3.05, 3.63) is 12.4 Å². The fourth-order valence-electron chi connectivity index (χ4n) is 1.62. The van der Waals surface area contributed by atoms with E-state index in [1.54, 1.807) is 10.9 Å². The minimum Gasteiger partial charge on any atom is -0.486 e. The van der Waals surface area contributed by atoms with Crippen LogP contribution in [0.3, 0.4) is 0 Å². The van der Waals surface area contributed by atoms with E-state index in [0.717, 1.165) is 38.1 Å². The van der Waals surface area contributed by atoms with Crippen LogP contribution in [0.5, 0.6) is 5.75 Å². The number of aryl methyl sites for hydroxylation is 1. The van der Waals surface area contributed by atoms with Gasteiger partial charge in [-0.2, -0.15) is 5.10 Å². The van der Waals surface area contributed by atoms with Gasteiger partial charge in [0.15, 0.2) is 5.75 Å². The fourth-order valence-corrected chi connectivity index (χ4v) is 1.62. The van der Waals surface area contributed by atoms with Crippen molar-refractivity contribution in [2.75, 3.05) is 13.1 Å². The van der Waals surface area contributed by atoms with Crippen molar-refractivity contribution < 1.29 is 4.74 Å². The van der Waals surface area contributed by atoms with Gasteiger partial charge in [-0.25, -0.2) is 0 Å². The van der Waals surface area contributed by atoms with E-state index in [2.05, 4.69) is 24.3 Å². The summed E-state index contributed by atoms with van der Waals surface area (Å²) in [4.78, 5) is 0. The van der Waals surface area contributed by atoms with Gasteiger partial charge in [0.2, 0.25) is 0 Å². The molecular weight excluding hydrogens is 202 g/mol. The Kier molecular flexibility index (Phi) is 5.93. The zero-order valence-electron chi connectivity index (χ0n) is 10.6. The number of nitrogens with one attached hydrogen (secondary N) is 1. The van der Waals surface area contributed by atoms with Crippen molar-refractivity contribution in [2.24, 2.45) is 7.05 Å². The highest BCUT2D eigenvalue weighted by molar-refractivity contribution is 5.11. The third-order valence-corrected chi connectivity index (χ3v) is 2.39. The molecule has 1 N–H and O–H groups in total. The zero-order chi connectivity index (χ0) is 11.8. The van der Waals surface area contributed by atoms with Crippen molar-refractivity contribution in [3.8, 4) is 5.75 Å². The summed E-state index contributed by atoms with van der Waals surface area (Å²) in [5.41, 5.74) is 0. The molecular formula is C12H23N3O. The maximum atomic E-state index is 5.88. The second kappa shape index (κ2) is 7.28. The second-order valence-corrected chi connectivity index (χ2v) is 4.08. The Morgan fingerprint density at radius 1 is 1.44 bits per heavy atom. The standard InChI is InChI=1S/C12H23N3O/c1-4-6-11(8-13-7-5-2)16-12-9-14-15(3)10-12/h9-11,13H,4-8H2,1-3H3. The van der Waals surface area contributed by atoms with Gasteiger partial charge < -0.3 is 10.1 Å². The molecule has 1 rings (SSSR count). The van der Waals surface area contributed by atoms with Gasteiger partial charge in [0.1, 0.15) is 6.10 Å². The van der Waals surface area contributed by atoms with Gasteiger partial charge in [0.25, 0.3) is 0 Å². The molecule has 1 unspecified atom stereocenters. The number of hydrogen-bond donors (Lipinski definition) is 1. The summed E-state index contributed by atoms with van der Waals surface area (Å²) in [7, 11) is 1.90. The average molecular weight is 225 g/mol. The van der Waals surface area contributed by atoms with Gasteiger partial charge in [-0.3, -0.25) is 4.68 Å². The van der Waals surface area contributed by atoms with Crippen molar-refractivity contribution in [2.45, 2.75) is 39.2 Å². The van der Waals surface area contributed by atoms with Gasteiger partial charge in [-0.05, 0) is 19.4 Å². The summed E-state index contributed by atoms with van der Waals surface area (Å²) in [5, 5.41) is 7.49. The molecule has 1 aromatic heterocycles. The van der Waals surface area contributed by atoms with Gasteiger partial charge in [-0.15, -0.1) is 0 Å². The van der Waals surface area contributed by atoms with Crippen LogP contribution in [0.1, 0.15) is 33.1 Å². The molecule has 0 spiro atoms. The van der Waals surface area contributed by atoms with E-state index in [0.29, 0.717) is 0 Å². The van der Waals surface area contributed by atoms with E-state index >= 15 is 0 Å². The predicted molar refractivity (Wildman–Crippen MR) is 65.7 cm³/mol. The normalized spacial score (nSPS) is 12.7. The highest BCUT2D eigenvalue weighted by atomic mass is 16.5. The number of nitrogens with zero attached hydrogens (tertiary/aromatic N) is 2. The van der Waals surface area contributed by atoms with E-state index in [-0.39, 0.29) is 6.10 Å². The summed E-state index contributed by atoms with van der Waals surface area (Å²) in [6.07, 6.45) is 7.29. The molecule has 0 aromatic carbocycles. The lowest BCUT2D eigenvalue weighted by Crippen LogP contribution is -2.31. The van der Waals surface area contributed by atoms with Crippen LogP contribution in [0.4, 0.5) is 0 Å². The number of ether oxygens (including phenoxy) is 1. The third kappa shape index (κ3) is 4.66. The summed E-state index contributed by atoms with van der Waals surface area (Å²) < 4.78 is 7.64. The lowest BCUT2D eigenvalue weighted by molar-refractivity contribution is 0.186. The molecule has 16 heavy (non-hydrogen) atoms. The molecule has 92 valence electrons. The summed E-state index contributed by atoms with van der Waals surface area (Å²) in [6.45, 7) is 6.32. The number of aromatic nitrogens is 2. The van der Waals surface area contributed by atoms with E-state index in [9.17, 15) is 0 Å². The fraction of sp³-hybridized carbons (Fsp3) is 0.750. The van der Waals surface area contributed by atoms with Crippen molar-refractivity contribution >= 4 is 0 Å². The Bertz CT molecular complexity index is 286. The van der Waals surface area contributed by atoms with Gasteiger partial charge in [0, 0.05) is 13.6 Å². The molecule has 4 heteroatoms. The van der Waals surface area contributed by atoms with Gasteiger partial charge in [0.05, 0.1) is 12.4 Å². The molecule has 0 amide bonds. The summed E-state index contributed by atoms with van der Waals surface area (Å²) >= 11 is 0. The Labute approximate surface area is 98.0 Å². The Hall–Kier alpha value is -1.03. The smallest absolute Gasteiger partial charge is 0.157 e. The average Bonchev–Trinajstić information content (AvgIpc) is 2.65. The molecule has 1 aromatic rings. The van der Waals surface area contributed by atoms with Crippen molar-refractivity contribution in [3.63, 3.8) is 0 Å². The van der Waals surface area contributed by atoms with Crippen LogP contribution < -0.4 is 10.1 Å². The first-order valence-electron chi connectivity index (χ1n) is 6.12. The van der Waals surface area contributed by atoms with E-state index in [4.69, 9.17) is 4.74 Å². The molecule has 0 aliphatic rings. The van der Waals surface area contributed by atoms with Crippen LogP contribution in [0.15, 0.2) is 12.4 Å². The molecule has 0 aliphatic carbocycles. The van der Waals surface area contributed by atoms with Crippen molar-refractivity contribution in [1.82, 2.24) is 15.1 Å². The van der Waals surface area contributed by atoms with Crippen LogP contribution in [0, 0.1) is 0 Å². The lowest BCUT2D eigenvalue weighted by Gasteiger charge is -2.17. The molecule has 0 saturated heterocycles. The van der Waals surface area contributed by atoms with Crippen LogP contribution >= 0.6 is 0 Å². The molecule has 0 saturated carbocycles. The molecule has 4 nitrogen and oxygen atoms in total. The SMILES string of the molecule is CCCNCC(CCC)Oc1cnn(C)c1. The predicted octanol–water partition coefficient (Wildman–Crippen LogP) is 1.97. The largest absolute Gasteiger partial charge is 0.486 e. The Morgan fingerprint density at radius 2 is 2.25 bits per heavy atom. The van der Waals surface area contributed by atoms with Crippen LogP contribution in [-0.4, -0.2) is 29.0 Å². The monoisotopic (exact) mass is 225 g/mol. The number of hydrogen-bond acceptors (Lipinski definition) is 3. The first-order valence-corrected chi connectivity index (χ1v) is 6.12.